The van der Waals surface area contributed by atoms with E-state index in [2.05, 4.69) is 10.3 Å². The van der Waals surface area contributed by atoms with Crippen molar-refractivity contribution in [1.29, 1.82) is 0 Å². The van der Waals surface area contributed by atoms with Gasteiger partial charge in [-0.3, -0.25) is 4.79 Å². The van der Waals surface area contributed by atoms with E-state index >= 15 is 0 Å². The van der Waals surface area contributed by atoms with Crippen molar-refractivity contribution < 1.29 is 18.0 Å². The maximum Gasteiger partial charge on any atom is 0.416 e. The first kappa shape index (κ1) is 15.6. The van der Waals surface area contributed by atoms with Crippen molar-refractivity contribution in [2.45, 2.75) is 37.5 Å². The fourth-order valence-electron chi connectivity index (χ4n) is 2.60. The number of nitrogens with one attached hydrogen (secondary N) is 1. The van der Waals surface area contributed by atoms with Crippen molar-refractivity contribution in [2.24, 2.45) is 0 Å². The van der Waals surface area contributed by atoms with Crippen molar-refractivity contribution in [1.82, 2.24) is 14.9 Å². The van der Waals surface area contributed by atoms with Gasteiger partial charge in [0, 0.05) is 37.3 Å². The van der Waals surface area contributed by atoms with Crippen LogP contribution >= 0.6 is 0 Å². The third kappa shape index (κ3) is 3.91. The Bertz CT molecular complexity index is 682. The van der Waals surface area contributed by atoms with Crippen molar-refractivity contribution in [3.63, 3.8) is 0 Å². The Hall–Kier alpha value is -2.31. The Kier molecular flexibility index (Phi) is 4.11. The minimum atomic E-state index is -4.34. The van der Waals surface area contributed by atoms with Crippen LogP contribution in [0.3, 0.4) is 0 Å². The summed E-state index contributed by atoms with van der Waals surface area (Å²) in [6.45, 7) is 0.535. The molecule has 1 N–H and O–H groups in total. The van der Waals surface area contributed by atoms with E-state index < -0.39 is 11.7 Å². The predicted octanol–water partition coefficient (Wildman–Crippen LogP) is 2.96. The molecule has 0 radical (unpaired) electrons. The van der Waals surface area contributed by atoms with E-state index in [9.17, 15) is 18.0 Å². The van der Waals surface area contributed by atoms with Gasteiger partial charge in [0.2, 0.25) is 5.91 Å². The molecular weight excluding hydrogens is 307 g/mol. The quantitative estimate of drug-likeness (QED) is 0.919. The molecule has 1 heterocycles. The summed E-state index contributed by atoms with van der Waals surface area (Å²) in [5.74, 6) is -0.132. The molecule has 4 nitrogen and oxygen atoms in total. The molecule has 2 atom stereocenters. The van der Waals surface area contributed by atoms with Gasteiger partial charge in [-0.15, -0.1) is 0 Å². The van der Waals surface area contributed by atoms with Gasteiger partial charge in [-0.05, 0) is 18.1 Å². The molecule has 0 spiro atoms. The summed E-state index contributed by atoms with van der Waals surface area (Å²) in [4.78, 5) is 15.8. The van der Waals surface area contributed by atoms with Crippen molar-refractivity contribution >= 4 is 5.91 Å². The standard InChI is InChI=1S/C16H16F3N3O/c17-16(18,19)12-3-1-2-11(8-12)13-9-14(13)21-15(23)4-6-22-7-5-20-10-22/h1-3,5,7-8,10,13-14H,4,6,9H2,(H,21,23). The summed E-state index contributed by atoms with van der Waals surface area (Å²) >= 11 is 0. The molecule has 2 aromatic rings. The first-order valence-corrected chi connectivity index (χ1v) is 7.36. The Morgan fingerprint density at radius 2 is 2.22 bits per heavy atom. The molecule has 0 saturated heterocycles. The topological polar surface area (TPSA) is 46.9 Å². The Morgan fingerprint density at radius 1 is 1.39 bits per heavy atom. The Labute approximate surface area is 131 Å². The van der Waals surface area contributed by atoms with E-state index in [4.69, 9.17) is 0 Å². The number of rotatable bonds is 5. The maximum atomic E-state index is 12.7. The first-order chi connectivity index (χ1) is 10.9. The number of hydrogen-bond acceptors (Lipinski definition) is 2. The van der Waals surface area contributed by atoms with Crippen LogP contribution in [0.1, 0.15) is 29.9 Å². The molecule has 23 heavy (non-hydrogen) atoms. The van der Waals surface area contributed by atoms with E-state index in [1.807, 2.05) is 0 Å². The molecule has 2 unspecified atom stereocenters. The summed E-state index contributed by atoms with van der Waals surface area (Å²) in [6.07, 6.45) is 1.71. The number of alkyl halides is 3. The normalized spacial score (nSPS) is 20.3. The van der Waals surface area contributed by atoms with E-state index in [1.54, 1.807) is 29.4 Å². The third-order valence-corrected chi connectivity index (χ3v) is 3.94. The molecule has 1 aromatic carbocycles. The number of nitrogens with zero attached hydrogens (tertiary/aromatic N) is 2. The average molecular weight is 323 g/mol. The van der Waals surface area contributed by atoms with Crippen LogP contribution in [0, 0.1) is 0 Å². The van der Waals surface area contributed by atoms with E-state index in [0.717, 1.165) is 6.07 Å². The molecule has 1 aliphatic carbocycles. The molecule has 1 aliphatic rings. The second-order valence-corrected chi connectivity index (χ2v) is 5.69. The first-order valence-electron chi connectivity index (χ1n) is 7.36. The average Bonchev–Trinajstić information content (AvgIpc) is 3.06. The van der Waals surface area contributed by atoms with Gasteiger partial charge in [0.25, 0.3) is 0 Å². The number of hydrogen-bond donors (Lipinski definition) is 1. The summed E-state index contributed by atoms with van der Waals surface area (Å²) in [5, 5.41) is 2.87. The van der Waals surface area contributed by atoms with Gasteiger partial charge in [-0.1, -0.05) is 18.2 Å². The molecule has 1 saturated carbocycles. The number of benzene rings is 1. The van der Waals surface area contributed by atoms with Crippen LogP contribution in [0.2, 0.25) is 0 Å². The van der Waals surface area contributed by atoms with Crippen molar-refractivity contribution in [3.8, 4) is 0 Å². The highest BCUT2D eigenvalue weighted by Crippen LogP contribution is 2.42. The van der Waals surface area contributed by atoms with Crippen LogP contribution in [-0.4, -0.2) is 21.5 Å². The zero-order valence-electron chi connectivity index (χ0n) is 12.3. The van der Waals surface area contributed by atoms with E-state index in [0.29, 0.717) is 24.9 Å². The molecule has 1 amide bonds. The van der Waals surface area contributed by atoms with E-state index in [-0.39, 0.29) is 17.9 Å². The largest absolute Gasteiger partial charge is 0.416 e. The zero-order valence-corrected chi connectivity index (χ0v) is 12.3. The van der Waals surface area contributed by atoms with E-state index in [1.165, 1.54) is 12.1 Å². The molecule has 122 valence electrons. The van der Waals surface area contributed by atoms with Gasteiger partial charge in [0.15, 0.2) is 0 Å². The fourth-order valence-corrected chi connectivity index (χ4v) is 2.60. The molecule has 1 aromatic heterocycles. The second-order valence-electron chi connectivity index (χ2n) is 5.69. The monoisotopic (exact) mass is 323 g/mol. The highest BCUT2D eigenvalue weighted by molar-refractivity contribution is 5.76. The lowest BCUT2D eigenvalue weighted by Crippen LogP contribution is -2.27. The number of imidazole rings is 1. The minimum absolute atomic E-state index is 0.0329. The van der Waals surface area contributed by atoms with Crippen molar-refractivity contribution in [3.05, 3.63) is 54.1 Å². The second kappa shape index (κ2) is 6.06. The van der Waals surface area contributed by atoms with Gasteiger partial charge in [0.1, 0.15) is 0 Å². The van der Waals surface area contributed by atoms with Gasteiger partial charge < -0.3 is 9.88 Å². The van der Waals surface area contributed by atoms with Crippen molar-refractivity contribution in [2.75, 3.05) is 0 Å². The third-order valence-electron chi connectivity index (χ3n) is 3.94. The summed E-state index contributed by atoms with van der Waals surface area (Å²) in [5.41, 5.74) is -0.0215. The molecule has 1 fully saturated rings. The fraction of sp³-hybridized carbons (Fsp3) is 0.375. The van der Waals surface area contributed by atoms with Crippen LogP contribution < -0.4 is 5.32 Å². The summed E-state index contributed by atoms with van der Waals surface area (Å²) in [6, 6.07) is 5.24. The molecule has 0 bridgehead atoms. The number of carbonyl (C=O) groups is 1. The lowest BCUT2D eigenvalue weighted by atomic mass is 10.1. The number of carbonyl (C=O) groups excluding carboxylic acids is 1. The number of halogens is 3. The van der Waals surface area contributed by atoms with Gasteiger partial charge in [-0.25, -0.2) is 4.98 Å². The maximum absolute atomic E-state index is 12.7. The molecular formula is C16H16F3N3O. The Morgan fingerprint density at radius 3 is 2.91 bits per heavy atom. The summed E-state index contributed by atoms with van der Waals surface area (Å²) in [7, 11) is 0. The SMILES string of the molecule is O=C(CCn1ccnc1)NC1CC1c1cccc(C(F)(F)F)c1. The van der Waals surface area contributed by atoms with Crippen LogP contribution in [0.5, 0.6) is 0 Å². The van der Waals surface area contributed by atoms with Gasteiger partial charge in [0.05, 0.1) is 11.9 Å². The van der Waals surface area contributed by atoms with Gasteiger partial charge in [-0.2, -0.15) is 13.2 Å². The molecule has 3 rings (SSSR count). The predicted molar refractivity (Wildman–Crippen MR) is 77.6 cm³/mol. The minimum Gasteiger partial charge on any atom is -0.353 e. The molecule has 7 heteroatoms. The lowest BCUT2D eigenvalue weighted by molar-refractivity contribution is -0.137. The van der Waals surface area contributed by atoms with Crippen LogP contribution in [0.15, 0.2) is 43.0 Å². The highest BCUT2D eigenvalue weighted by Gasteiger charge is 2.40. The number of aryl methyl sites for hydroxylation is 1. The summed E-state index contributed by atoms with van der Waals surface area (Å²) < 4.78 is 40.0. The Balaban J connectivity index is 1.52. The van der Waals surface area contributed by atoms with Crippen LogP contribution in [-0.2, 0) is 17.5 Å². The highest BCUT2D eigenvalue weighted by atomic mass is 19.4. The number of aromatic nitrogens is 2. The van der Waals surface area contributed by atoms with Crippen LogP contribution in [0.25, 0.3) is 0 Å². The molecule has 0 aliphatic heterocycles. The van der Waals surface area contributed by atoms with Crippen LogP contribution in [0.4, 0.5) is 13.2 Å². The number of amides is 1. The lowest BCUT2D eigenvalue weighted by Gasteiger charge is -2.09. The van der Waals surface area contributed by atoms with Gasteiger partial charge >= 0.3 is 6.18 Å². The smallest absolute Gasteiger partial charge is 0.353 e. The zero-order chi connectivity index (χ0) is 16.4.